The van der Waals surface area contributed by atoms with E-state index in [9.17, 15) is 9.59 Å². The Labute approximate surface area is 96.1 Å². The molecule has 0 spiro atoms. The summed E-state index contributed by atoms with van der Waals surface area (Å²) in [5, 5.41) is 2.58. The second-order valence-corrected chi connectivity index (χ2v) is 4.09. The van der Waals surface area contributed by atoms with Crippen molar-refractivity contribution in [1.29, 1.82) is 0 Å². The van der Waals surface area contributed by atoms with Crippen LogP contribution in [0.4, 0.5) is 0 Å². The van der Waals surface area contributed by atoms with Crippen molar-refractivity contribution < 1.29 is 14.3 Å². The lowest BCUT2D eigenvalue weighted by Crippen LogP contribution is -2.44. The monoisotopic (exact) mass is 228 g/mol. The van der Waals surface area contributed by atoms with Crippen LogP contribution in [0.3, 0.4) is 0 Å². The number of likely N-dealkylation sites (N-methyl/N-ethyl adjacent to an activating group) is 1. The minimum absolute atomic E-state index is 0.0594. The van der Waals surface area contributed by atoms with Gasteiger partial charge in [0.15, 0.2) is 0 Å². The minimum atomic E-state index is -0.282. The van der Waals surface area contributed by atoms with E-state index in [1.54, 1.807) is 7.05 Å². The van der Waals surface area contributed by atoms with E-state index in [-0.39, 0.29) is 25.0 Å². The highest BCUT2D eigenvalue weighted by Gasteiger charge is 2.25. The van der Waals surface area contributed by atoms with Crippen molar-refractivity contribution in [3.05, 3.63) is 0 Å². The Hall–Kier alpha value is -1.10. The average molecular weight is 228 g/mol. The summed E-state index contributed by atoms with van der Waals surface area (Å²) in [6.07, 6.45) is 4.48. The van der Waals surface area contributed by atoms with Gasteiger partial charge in [-0.1, -0.05) is 12.8 Å². The number of ether oxygens (including phenoxy) is 1. The third-order valence-corrected chi connectivity index (χ3v) is 3.03. The van der Waals surface area contributed by atoms with E-state index in [2.05, 4.69) is 10.1 Å². The molecular formula is C11H20N2O3. The molecule has 1 amide bonds. The third kappa shape index (κ3) is 3.81. The van der Waals surface area contributed by atoms with Crippen molar-refractivity contribution in [1.82, 2.24) is 10.2 Å². The number of amides is 1. The maximum Gasteiger partial charge on any atom is 0.319 e. The molecule has 0 aromatic carbocycles. The highest BCUT2D eigenvalue weighted by molar-refractivity contribution is 5.79. The van der Waals surface area contributed by atoms with Crippen LogP contribution >= 0.6 is 0 Å². The van der Waals surface area contributed by atoms with Crippen LogP contribution in [0.25, 0.3) is 0 Å². The Morgan fingerprint density at radius 3 is 2.44 bits per heavy atom. The summed E-state index contributed by atoms with van der Waals surface area (Å²) in [4.78, 5) is 24.5. The van der Waals surface area contributed by atoms with Gasteiger partial charge in [0.25, 0.3) is 0 Å². The third-order valence-electron chi connectivity index (χ3n) is 3.03. The van der Waals surface area contributed by atoms with Crippen LogP contribution in [-0.2, 0) is 14.3 Å². The number of esters is 1. The highest BCUT2D eigenvalue weighted by atomic mass is 16.5. The van der Waals surface area contributed by atoms with Gasteiger partial charge in [-0.2, -0.15) is 0 Å². The fourth-order valence-electron chi connectivity index (χ4n) is 2.08. The molecular weight excluding hydrogens is 208 g/mol. The fraction of sp³-hybridized carbons (Fsp3) is 0.818. The van der Waals surface area contributed by atoms with E-state index in [0.717, 1.165) is 12.8 Å². The van der Waals surface area contributed by atoms with Crippen LogP contribution in [-0.4, -0.2) is 50.1 Å². The molecule has 5 heteroatoms. The number of methoxy groups -OCH3 is 1. The number of hydrogen-bond donors (Lipinski definition) is 1. The molecule has 92 valence electrons. The number of hydrogen-bond acceptors (Lipinski definition) is 4. The normalized spacial score (nSPS) is 16.4. The molecule has 0 heterocycles. The van der Waals surface area contributed by atoms with Gasteiger partial charge in [-0.25, -0.2) is 0 Å². The molecule has 0 unspecified atom stereocenters. The minimum Gasteiger partial charge on any atom is -0.468 e. The molecule has 1 saturated carbocycles. The number of nitrogens with zero attached hydrogens (tertiary/aromatic N) is 1. The highest BCUT2D eigenvalue weighted by Crippen LogP contribution is 2.23. The summed E-state index contributed by atoms with van der Waals surface area (Å²) in [5.41, 5.74) is 0. The van der Waals surface area contributed by atoms with E-state index < -0.39 is 0 Å². The number of carbonyl (C=O) groups excluding carboxylic acids is 2. The zero-order chi connectivity index (χ0) is 12.0. The van der Waals surface area contributed by atoms with E-state index in [0.29, 0.717) is 6.04 Å². The van der Waals surface area contributed by atoms with Gasteiger partial charge in [-0.3, -0.25) is 14.5 Å². The van der Waals surface area contributed by atoms with Gasteiger partial charge >= 0.3 is 5.97 Å². The first-order chi connectivity index (χ1) is 7.67. The predicted octanol–water partition coefficient (Wildman–Crippen LogP) is 0.150. The lowest BCUT2D eigenvalue weighted by atomic mass is 10.2. The standard InChI is InChI=1S/C11H20N2O3/c1-12-10(14)7-13(8-11(15)16-2)9-5-3-4-6-9/h9H,3-8H2,1-2H3,(H,12,14). The second kappa shape index (κ2) is 6.48. The van der Waals surface area contributed by atoms with Gasteiger partial charge in [0, 0.05) is 13.1 Å². The first-order valence-corrected chi connectivity index (χ1v) is 5.68. The smallest absolute Gasteiger partial charge is 0.319 e. The summed E-state index contributed by atoms with van der Waals surface area (Å²) in [6.45, 7) is 0.477. The number of nitrogens with one attached hydrogen (secondary N) is 1. The van der Waals surface area contributed by atoms with Crippen LogP contribution < -0.4 is 5.32 Å². The van der Waals surface area contributed by atoms with Crippen LogP contribution in [0.1, 0.15) is 25.7 Å². The molecule has 1 fully saturated rings. The van der Waals surface area contributed by atoms with Gasteiger partial charge < -0.3 is 10.1 Å². The lowest BCUT2D eigenvalue weighted by Gasteiger charge is -2.26. The number of rotatable bonds is 5. The molecule has 1 aliphatic carbocycles. The summed E-state index contributed by atoms with van der Waals surface area (Å²) >= 11 is 0. The van der Waals surface area contributed by atoms with E-state index in [1.807, 2.05) is 4.90 Å². The Bertz CT molecular complexity index is 232. The Morgan fingerprint density at radius 2 is 1.94 bits per heavy atom. The molecule has 5 nitrogen and oxygen atoms in total. The maximum atomic E-state index is 11.3. The number of carbonyl (C=O) groups is 2. The van der Waals surface area contributed by atoms with Crippen LogP contribution in [0.5, 0.6) is 0 Å². The van der Waals surface area contributed by atoms with Crippen LogP contribution in [0.2, 0.25) is 0 Å². The molecule has 0 saturated heterocycles. The topological polar surface area (TPSA) is 58.6 Å². The van der Waals surface area contributed by atoms with Gasteiger partial charge in [0.1, 0.15) is 0 Å². The van der Waals surface area contributed by atoms with Crippen LogP contribution in [0, 0.1) is 0 Å². The quantitative estimate of drug-likeness (QED) is 0.680. The molecule has 0 aromatic heterocycles. The van der Waals surface area contributed by atoms with E-state index >= 15 is 0 Å². The molecule has 0 atom stereocenters. The van der Waals surface area contributed by atoms with Crippen molar-refractivity contribution in [3.63, 3.8) is 0 Å². The molecule has 0 radical (unpaired) electrons. The summed E-state index contributed by atoms with van der Waals surface area (Å²) < 4.78 is 4.64. The average Bonchev–Trinajstić information content (AvgIpc) is 2.81. The molecule has 0 aliphatic heterocycles. The van der Waals surface area contributed by atoms with Crippen molar-refractivity contribution in [2.75, 3.05) is 27.2 Å². The van der Waals surface area contributed by atoms with E-state index in [4.69, 9.17) is 0 Å². The maximum absolute atomic E-state index is 11.3. The first kappa shape index (κ1) is 13.0. The Morgan fingerprint density at radius 1 is 1.31 bits per heavy atom. The van der Waals surface area contributed by atoms with Crippen LogP contribution in [0.15, 0.2) is 0 Å². The largest absolute Gasteiger partial charge is 0.468 e. The summed E-state index contributed by atoms with van der Waals surface area (Å²) in [5.74, 6) is -0.341. The predicted molar refractivity (Wildman–Crippen MR) is 59.9 cm³/mol. The SMILES string of the molecule is CNC(=O)CN(CC(=O)OC)C1CCCC1. The van der Waals surface area contributed by atoms with Crippen molar-refractivity contribution in [3.8, 4) is 0 Å². The van der Waals surface area contributed by atoms with Crippen molar-refractivity contribution in [2.45, 2.75) is 31.7 Å². The van der Waals surface area contributed by atoms with Gasteiger partial charge in [0.05, 0.1) is 20.2 Å². The molecule has 16 heavy (non-hydrogen) atoms. The van der Waals surface area contributed by atoms with E-state index in [1.165, 1.54) is 20.0 Å². The molecule has 1 rings (SSSR count). The van der Waals surface area contributed by atoms with Gasteiger partial charge in [0.2, 0.25) is 5.91 Å². The first-order valence-electron chi connectivity index (χ1n) is 5.68. The Kier molecular flexibility index (Phi) is 5.25. The molecule has 0 bridgehead atoms. The fourth-order valence-corrected chi connectivity index (χ4v) is 2.08. The molecule has 1 aliphatic rings. The second-order valence-electron chi connectivity index (χ2n) is 4.09. The Balaban J connectivity index is 2.53. The zero-order valence-electron chi connectivity index (χ0n) is 9.99. The molecule has 1 N–H and O–H groups in total. The van der Waals surface area contributed by atoms with Crippen molar-refractivity contribution in [2.24, 2.45) is 0 Å². The van der Waals surface area contributed by atoms with Gasteiger partial charge in [-0.15, -0.1) is 0 Å². The van der Waals surface area contributed by atoms with Crippen molar-refractivity contribution >= 4 is 11.9 Å². The lowest BCUT2D eigenvalue weighted by molar-refractivity contribution is -0.143. The summed E-state index contributed by atoms with van der Waals surface area (Å²) in [7, 11) is 2.97. The zero-order valence-corrected chi connectivity index (χ0v) is 9.99. The molecule has 0 aromatic rings. The van der Waals surface area contributed by atoms with Gasteiger partial charge in [-0.05, 0) is 12.8 Å². The summed E-state index contributed by atoms with van der Waals surface area (Å²) in [6, 6.07) is 0.344.